The number of rotatable bonds is 4. The summed E-state index contributed by atoms with van der Waals surface area (Å²) in [5.41, 5.74) is 0.308. The van der Waals surface area contributed by atoms with Crippen molar-refractivity contribution in [1.29, 1.82) is 0 Å². The van der Waals surface area contributed by atoms with Crippen molar-refractivity contribution in [3.8, 4) is 0 Å². The lowest BCUT2D eigenvalue weighted by Gasteiger charge is -2.33. The third-order valence-electron chi connectivity index (χ3n) is 3.54. The van der Waals surface area contributed by atoms with E-state index in [1.165, 1.54) is 19.3 Å². The monoisotopic (exact) mass is 272 g/mol. The Morgan fingerprint density at radius 1 is 1.35 bits per heavy atom. The summed E-state index contributed by atoms with van der Waals surface area (Å²) in [6.45, 7) is 1.90. The second-order valence-corrected chi connectivity index (χ2v) is 6.25. The molecule has 1 aliphatic rings. The van der Waals surface area contributed by atoms with Crippen molar-refractivity contribution in [3.63, 3.8) is 0 Å². The summed E-state index contributed by atoms with van der Waals surface area (Å²) in [4.78, 5) is 0. The van der Waals surface area contributed by atoms with Crippen molar-refractivity contribution < 1.29 is 5.11 Å². The second kappa shape index (κ2) is 5.17. The largest absolute Gasteiger partial charge is 0.390 e. The van der Waals surface area contributed by atoms with Crippen LogP contribution in [0.5, 0.6) is 0 Å². The number of benzene rings is 1. The first-order valence-electron chi connectivity index (χ1n) is 6.13. The van der Waals surface area contributed by atoms with Crippen molar-refractivity contribution in [3.05, 3.63) is 33.8 Å². The Labute approximate surface area is 113 Å². The van der Waals surface area contributed by atoms with Crippen LogP contribution in [0.4, 0.5) is 0 Å². The van der Waals surface area contributed by atoms with Crippen LogP contribution in [0.25, 0.3) is 0 Å². The maximum Gasteiger partial charge on any atom is 0.0663 e. The van der Waals surface area contributed by atoms with E-state index < -0.39 is 5.60 Å². The average molecular weight is 273 g/mol. The molecule has 0 bridgehead atoms. The quantitative estimate of drug-likeness (QED) is 0.857. The highest BCUT2D eigenvalue weighted by molar-refractivity contribution is 6.35. The van der Waals surface area contributed by atoms with Gasteiger partial charge in [0.05, 0.1) is 5.60 Å². The second-order valence-electron chi connectivity index (χ2n) is 5.41. The van der Waals surface area contributed by atoms with Crippen LogP contribution in [0.15, 0.2) is 18.2 Å². The Balaban J connectivity index is 2.02. The minimum absolute atomic E-state index is 0.597. The van der Waals surface area contributed by atoms with Crippen LogP contribution in [-0.2, 0) is 6.42 Å². The lowest BCUT2D eigenvalue weighted by atomic mass is 9.76. The summed E-state index contributed by atoms with van der Waals surface area (Å²) >= 11 is 12.0. The smallest absolute Gasteiger partial charge is 0.0663 e. The molecule has 1 N–H and O–H groups in total. The molecule has 1 fully saturated rings. The molecule has 0 amide bonds. The summed E-state index contributed by atoms with van der Waals surface area (Å²) in [5, 5.41) is 11.7. The van der Waals surface area contributed by atoms with Gasteiger partial charge in [-0.3, -0.25) is 0 Å². The van der Waals surface area contributed by atoms with Gasteiger partial charge in [-0.1, -0.05) is 48.5 Å². The van der Waals surface area contributed by atoms with Gasteiger partial charge in [0.15, 0.2) is 0 Å². The zero-order valence-corrected chi connectivity index (χ0v) is 11.6. The third kappa shape index (κ3) is 3.61. The molecule has 1 nitrogen and oxygen atoms in total. The number of aliphatic hydroxyl groups is 1. The van der Waals surface area contributed by atoms with E-state index in [0.29, 0.717) is 22.4 Å². The normalized spacial score (nSPS) is 19.8. The molecule has 1 unspecified atom stereocenters. The summed E-state index contributed by atoms with van der Waals surface area (Å²) in [6, 6.07) is 5.46. The molecule has 0 aromatic heterocycles. The summed E-state index contributed by atoms with van der Waals surface area (Å²) < 4.78 is 0. The molecule has 1 atom stereocenters. The Kier molecular flexibility index (Phi) is 4.02. The van der Waals surface area contributed by atoms with Gasteiger partial charge in [0.2, 0.25) is 0 Å². The molecule has 0 radical (unpaired) electrons. The Bertz CT molecular complexity index is 397. The molecule has 17 heavy (non-hydrogen) atoms. The fourth-order valence-corrected chi connectivity index (χ4v) is 2.94. The van der Waals surface area contributed by atoms with E-state index in [4.69, 9.17) is 23.2 Å². The molecule has 1 aromatic rings. The van der Waals surface area contributed by atoms with Gasteiger partial charge in [-0.25, -0.2) is 0 Å². The van der Waals surface area contributed by atoms with Crippen LogP contribution >= 0.6 is 23.2 Å². The van der Waals surface area contributed by atoms with E-state index in [-0.39, 0.29) is 0 Å². The Morgan fingerprint density at radius 3 is 2.59 bits per heavy atom. The van der Waals surface area contributed by atoms with E-state index in [1.54, 1.807) is 6.07 Å². The van der Waals surface area contributed by atoms with E-state index in [1.807, 2.05) is 19.1 Å². The molecule has 1 aromatic carbocycles. The first kappa shape index (κ1) is 13.2. The van der Waals surface area contributed by atoms with Gasteiger partial charge in [0, 0.05) is 16.5 Å². The van der Waals surface area contributed by atoms with Gasteiger partial charge < -0.3 is 5.11 Å². The lowest BCUT2D eigenvalue weighted by Crippen LogP contribution is -2.32. The van der Waals surface area contributed by atoms with Crippen molar-refractivity contribution in [2.24, 2.45) is 5.92 Å². The minimum atomic E-state index is -0.664. The molecule has 1 saturated carbocycles. The Hall–Kier alpha value is -0.240. The van der Waals surface area contributed by atoms with Crippen LogP contribution in [0.3, 0.4) is 0 Å². The summed E-state index contributed by atoms with van der Waals surface area (Å²) in [5.74, 6) is 0.691. The van der Waals surface area contributed by atoms with Gasteiger partial charge in [0.1, 0.15) is 0 Å². The van der Waals surface area contributed by atoms with E-state index in [9.17, 15) is 5.11 Å². The highest BCUT2D eigenvalue weighted by Crippen LogP contribution is 2.35. The van der Waals surface area contributed by atoms with Gasteiger partial charge in [-0.2, -0.15) is 0 Å². The van der Waals surface area contributed by atoms with Crippen LogP contribution in [-0.4, -0.2) is 10.7 Å². The highest BCUT2D eigenvalue weighted by atomic mass is 35.5. The van der Waals surface area contributed by atoms with Gasteiger partial charge in [-0.15, -0.1) is 0 Å². The van der Waals surface area contributed by atoms with E-state index in [0.717, 1.165) is 12.0 Å². The van der Waals surface area contributed by atoms with Crippen LogP contribution in [0, 0.1) is 5.92 Å². The van der Waals surface area contributed by atoms with E-state index >= 15 is 0 Å². The van der Waals surface area contributed by atoms with Crippen molar-refractivity contribution in [2.75, 3.05) is 0 Å². The topological polar surface area (TPSA) is 20.2 Å². The van der Waals surface area contributed by atoms with Gasteiger partial charge >= 0.3 is 0 Å². The van der Waals surface area contributed by atoms with Crippen LogP contribution in [0.2, 0.25) is 10.0 Å². The standard InChI is InChI=1S/C14H18Cl2O/c1-14(17,8-10-3-2-4-10)9-11-5-6-12(15)7-13(11)16/h5-7,10,17H,2-4,8-9H2,1H3. The maximum atomic E-state index is 10.4. The fraction of sp³-hybridized carbons (Fsp3) is 0.571. The van der Waals surface area contributed by atoms with Gasteiger partial charge in [0.25, 0.3) is 0 Å². The third-order valence-corrected chi connectivity index (χ3v) is 4.13. The molecule has 3 heteroatoms. The van der Waals surface area contributed by atoms with Crippen molar-refractivity contribution in [1.82, 2.24) is 0 Å². The fourth-order valence-electron chi connectivity index (χ4n) is 2.47. The lowest BCUT2D eigenvalue weighted by molar-refractivity contribution is 0.0204. The highest BCUT2D eigenvalue weighted by Gasteiger charge is 2.29. The molecular weight excluding hydrogens is 255 g/mol. The van der Waals surface area contributed by atoms with Crippen molar-refractivity contribution >= 4 is 23.2 Å². The number of hydrogen-bond acceptors (Lipinski definition) is 1. The maximum absolute atomic E-state index is 10.4. The predicted molar refractivity (Wildman–Crippen MR) is 72.7 cm³/mol. The molecule has 94 valence electrons. The first-order valence-corrected chi connectivity index (χ1v) is 6.88. The van der Waals surface area contributed by atoms with Crippen LogP contribution < -0.4 is 0 Å². The van der Waals surface area contributed by atoms with Crippen LogP contribution in [0.1, 0.15) is 38.2 Å². The molecule has 0 heterocycles. The molecule has 1 aliphatic carbocycles. The molecule has 0 aliphatic heterocycles. The number of halogens is 2. The Morgan fingerprint density at radius 2 is 2.06 bits per heavy atom. The minimum Gasteiger partial charge on any atom is -0.390 e. The van der Waals surface area contributed by atoms with Gasteiger partial charge in [-0.05, 0) is 37.0 Å². The summed E-state index contributed by atoms with van der Waals surface area (Å²) in [7, 11) is 0. The van der Waals surface area contributed by atoms with E-state index in [2.05, 4.69) is 0 Å². The molecule has 0 spiro atoms. The van der Waals surface area contributed by atoms with Crippen molar-refractivity contribution in [2.45, 2.75) is 44.6 Å². The number of hydrogen-bond donors (Lipinski definition) is 1. The zero-order valence-electron chi connectivity index (χ0n) is 10.0. The zero-order chi connectivity index (χ0) is 12.5. The molecule has 0 saturated heterocycles. The summed E-state index contributed by atoms with van der Waals surface area (Å²) in [6.07, 6.45) is 5.28. The molecular formula is C14H18Cl2O. The SMILES string of the molecule is CC(O)(Cc1ccc(Cl)cc1Cl)CC1CCC1. The first-order chi connectivity index (χ1) is 7.96. The average Bonchev–Trinajstić information content (AvgIpc) is 2.17. The molecule has 2 rings (SSSR count). The predicted octanol–water partition coefficient (Wildman–Crippen LogP) is 4.48.